The molecule has 0 spiro atoms. The molecule has 2 aromatic rings. The number of nitrogens with two attached hydrogens (primary N) is 1. The van der Waals surface area contributed by atoms with E-state index in [1.54, 1.807) is 12.1 Å². The highest BCUT2D eigenvalue weighted by Gasteiger charge is 2.09. The molecule has 2 aromatic carbocycles. The standard InChI is InChI=1S/C18H24N2O2S.ClH/c1-23(21,22)18-9-7-17(8-10-18)15-20(14-12-19)13-11-16-5-3-2-4-6-16;/h2-10H,11-15,19H2,1H3;1H. The highest BCUT2D eigenvalue weighted by atomic mass is 35.5. The fraction of sp³-hybridized carbons (Fsp3) is 0.333. The number of rotatable bonds is 8. The van der Waals surface area contributed by atoms with E-state index >= 15 is 0 Å². The van der Waals surface area contributed by atoms with Crippen LogP contribution in [0.5, 0.6) is 0 Å². The van der Waals surface area contributed by atoms with Gasteiger partial charge in [0.2, 0.25) is 0 Å². The van der Waals surface area contributed by atoms with E-state index in [0.717, 1.165) is 31.6 Å². The van der Waals surface area contributed by atoms with Gasteiger partial charge in [-0.2, -0.15) is 0 Å². The fourth-order valence-corrected chi connectivity index (χ4v) is 3.12. The zero-order chi connectivity index (χ0) is 16.7. The molecule has 2 N–H and O–H groups in total. The lowest BCUT2D eigenvalue weighted by molar-refractivity contribution is 0.276. The number of hydrogen-bond donors (Lipinski definition) is 1. The van der Waals surface area contributed by atoms with Crippen molar-refractivity contribution in [1.82, 2.24) is 4.90 Å². The molecule has 0 atom stereocenters. The topological polar surface area (TPSA) is 63.4 Å². The minimum atomic E-state index is -3.14. The third-order valence-electron chi connectivity index (χ3n) is 3.76. The maximum Gasteiger partial charge on any atom is 0.175 e. The van der Waals surface area contributed by atoms with Crippen LogP contribution in [0.15, 0.2) is 59.5 Å². The lowest BCUT2D eigenvalue weighted by Gasteiger charge is -2.22. The molecule has 0 saturated heterocycles. The second-order valence-electron chi connectivity index (χ2n) is 5.72. The van der Waals surface area contributed by atoms with Crippen molar-refractivity contribution < 1.29 is 8.42 Å². The Bertz CT molecular complexity index is 704. The first-order valence-corrected chi connectivity index (χ1v) is 9.63. The van der Waals surface area contributed by atoms with Gasteiger partial charge in [0.05, 0.1) is 4.90 Å². The van der Waals surface area contributed by atoms with E-state index in [4.69, 9.17) is 5.73 Å². The molecule has 0 saturated carbocycles. The van der Waals surface area contributed by atoms with Crippen LogP contribution < -0.4 is 5.73 Å². The van der Waals surface area contributed by atoms with Gasteiger partial charge in [-0.05, 0) is 29.7 Å². The molecule has 0 unspecified atom stereocenters. The van der Waals surface area contributed by atoms with Gasteiger partial charge in [-0.1, -0.05) is 42.5 Å². The smallest absolute Gasteiger partial charge is 0.175 e. The van der Waals surface area contributed by atoms with Crippen molar-refractivity contribution in [2.45, 2.75) is 17.9 Å². The van der Waals surface area contributed by atoms with Gasteiger partial charge in [0.25, 0.3) is 0 Å². The lowest BCUT2D eigenvalue weighted by atomic mass is 10.1. The first kappa shape index (κ1) is 20.6. The maximum atomic E-state index is 11.5. The van der Waals surface area contributed by atoms with Crippen LogP contribution in [-0.4, -0.2) is 39.2 Å². The maximum absolute atomic E-state index is 11.5. The van der Waals surface area contributed by atoms with E-state index in [0.29, 0.717) is 11.4 Å². The molecule has 0 aliphatic carbocycles. The molecule has 4 nitrogen and oxygen atoms in total. The normalized spacial score (nSPS) is 11.3. The molecule has 0 heterocycles. The fourth-order valence-electron chi connectivity index (χ4n) is 2.48. The number of halogens is 1. The summed E-state index contributed by atoms with van der Waals surface area (Å²) in [5, 5.41) is 0. The minimum Gasteiger partial charge on any atom is -0.329 e. The largest absolute Gasteiger partial charge is 0.329 e. The van der Waals surface area contributed by atoms with E-state index in [1.807, 2.05) is 30.3 Å². The van der Waals surface area contributed by atoms with Gasteiger partial charge in [-0.25, -0.2) is 8.42 Å². The van der Waals surface area contributed by atoms with Crippen molar-refractivity contribution in [3.8, 4) is 0 Å². The van der Waals surface area contributed by atoms with Crippen LogP contribution in [0.1, 0.15) is 11.1 Å². The van der Waals surface area contributed by atoms with Crippen LogP contribution in [0.3, 0.4) is 0 Å². The number of sulfone groups is 1. The van der Waals surface area contributed by atoms with Crippen LogP contribution in [0.25, 0.3) is 0 Å². The van der Waals surface area contributed by atoms with Crippen molar-refractivity contribution in [3.05, 3.63) is 65.7 Å². The van der Waals surface area contributed by atoms with Crippen LogP contribution in [0, 0.1) is 0 Å². The van der Waals surface area contributed by atoms with Crippen molar-refractivity contribution in [2.24, 2.45) is 5.73 Å². The van der Waals surface area contributed by atoms with Gasteiger partial charge < -0.3 is 5.73 Å². The third kappa shape index (κ3) is 6.61. The van der Waals surface area contributed by atoms with Crippen LogP contribution in [-0.2, 0) is 22.8 Å². The van der Waals surface area contributed by atoms with Crippen molar-refractivity contribution >= 4 is 22.2 Å². The zero-order valence-electron chi connectivity index (χ0n) is 13.9. The summed E-state index contributed by atoms with van der Waals surface area (Å²) < 4.78 is 23.0. The quantitative estimate of drug-likeness (QED) is 0.777. The summed E-state index contributed by atoms with van der Waals surface area (Å²) in [5.74, 6) is 0. The number of benzene rings is 2. The average Bonchev–Trinajstić information content (AvgIpc) is 2.53. The Labute approximate surface area is 151 Å². The van der Waals surface area contributed by atoms with Gasteiger partial charge in [-0.3, -0.25) is 4.90 Å². The van der Waals surface area contributed by atoms with Gasteiger partial charge in [0.15, 0.2) is 9.84 Å². The molecular weight excluding hydrogens is 344 g/mol. The molecule has 0 aliphatic heterocycles. The summed E-state index contributed by atoms with van der Waals surface area (Å²) in [4.78, 5) is 2.65. The van der Waals surface area contributed by atoms with Gasteiger partial charge >= 0.3 is 0 Å². The molecule has 0 aliphatic rings. The Morgan fingerprint density at radius 1 is 0.917 bits per heavy atom. The van der Waals surface area contributed by atoms with E-state index in [1.165, 1.54) is 11.8 Å². The zero-order valence-corrected chi connectivity index (χ0v) is 15.5. The van der Waals surface area contributed by atoms with E-state index in [-0.39, 0.29) is 12.4 Å². The lowest BCUT2D eigenvalue weighted by Crippen LogP contribution is -2.31. The monoisotopic (exact) mass is 368 g/mol. The van der Waals surface area contributed by atoms with Gasteiger partial charge in [0, 0.05) is 32.4 Å². The highest BCUT2D eigenvalue weighted by molar-refractivity contribution is 7.90. The Morgan fingerprint density at radius 2 is 1.54 bits per heavy atom. The van der Waals surface area contributed by atoms with Gasteiger partial charge in [0.1, 0.15) is 0 Å². The second-order valence-corrected chi connectivity index (χ2v) is 7.73. The van der Waals surface area contributed by atoms with E-state index < -0.39 is 9.84 Å². The Hall–Kier alpha value is -1.40. The summed E-state index contributed by atoms with van der Waals surface area (Å²) in [5.41, 5.74) is 8.12. The molecule has 6 heteroatoms. The van der Waals surface area contributed by atoms with Crippen molar-refractivity contribution in [2.75, 3.05) is 25.9 Å². The highest BCUT2D eigenvalue weighted by Crippen LogP contribution is 2.12. The Kier molecular flexibility index (Phi) is 8.42. The average molecular weight is 369 g/mol. The molecule has 0 bridgehead atoms. The summed E-state index contributed by atoms with van der Waals surface area (Å²) in [6.45, 7) is 3.12. The molecule has 132 valence electrons. The first-order chi connectivity index (χ1) is 11.0. The van der Waals surface area contributed by atoms with Gasteiger partial charge in [-0.15, -0.1) is 12.4 Å². The van der Waals surface area contributed by atoms with E-state index in [2.05, 4.69) is 17.0 Å². The summed E-state index contributed by atoms with van der Waals surface area (Å²) in [6, 6.07) is 17.5. The first-order valence-electron chi connectivity index (χ1n) is 7.74. The molecule has 0 aromatic heterocycles. The summed E-state index contributed by atoms with van der Waals surface area (Å²) in [6.07, 6.45) is 2.20. The van der Waals surface area contributed by atoms with E-state index in [9.17, 15) is 8.42 Å². The summed E-state index contributed by atoms with van der Waals surface area (Å²) >= 11 is 0. The van der Waals surface area contributed by atoms with Crippen molar-refractivity contribution in [1.29, 1.82) is 0 Å². The molecule has 0 fully saturated rings. The summed E-state index contributed by atoms with van der Waals surface area (Å²) in [7, 11) is -3.14. The SMILES string of the molecule is CS(=O)(=O)c1ccc(CN(CCN)CCc2ccccc2)cc1.Cl. The Balaban J connectivity index is 0.00000288. The van der Waals surface area contributed by atoms with Crippen LogP contribution in [0.4, 0.5) is 0 Å². The second kappa shape index (κ2) is 9.79. The molecule has 24 heavy (non-hydrogen) atoms. The molecular formula is C18H25ClN2O2S. The molecule has 0 radical (unpaired) electrons. The number of hydrogen-bond acceptors (Lipinski definition) is 4. The van der Waals surface area contributed by atoms with Crippen molar-refractivity contribution in [3.63, 3.8) is 0 Å². The Morgan fingerprint density at radius 3 is 2.08 bits per heavy atom. The predicted octanol–water partition coefficient (Wildman–Crippen LogP) is 2.52. The van der Waals surface area contributed by atoms with Crippen LogP contribution >= 0.6 is 12.4 Å². The number of nitrogens with zero attached hydrogens (tertiary/aromatic N) is 1. The third-order valence-corrected chi connectivity index (χ3v) is 4.89. The molecule has 0 amide bonds. The minimum absolute atomic E-state index is 0. The molecule has 2 rings (SSSR count). The van der Waals surface area contributed by atoms with Crippen LogP contribution in [0.2, 0.25) is 0 Å². The predicted molar refractivity (Wildman–Crippen MR) is 101 cm³/mol.